The molecule has 0 bridgehead atoms. The second kappa shape index (κ2) is 4.45. The van der Waals surface area contributed by atoms with Gasteiger partial charge in [0.25, 0.3) is 5.56 Å². The number of pyridine rings is 1. The van der Waals surface area contributed by atoms with Crippen LogP contribution in [-0.4, -0.2) is 14.3 Å². The highest BCUT2D eigenvalue weighted by Crippen LogP contribution is 2.02. The Bertz CT molecular complexity index is 582. The fourth-order valence-electron chi connectivity index (χ4n) is 1.83. The third-order valence-corrected chi connectivity index (χ3v) is 2.66. The molecule has 0 saturated carbocycles. The third-order valence-electron chi connectivity index (χ3n) is 2.66. The van der Waals surface area contributed by atoms with Crippen molar-refractivity contribution in [2.24, 2.45) is 0 Å². The molecule has 0 fully saturated rings. The molecule has 0 spiro atoms. The number of nitrogen functional groups attached to an aromatic ring is 1. The number of rotatable bonds is 3. The molecule has 90 valence electrons. The summed E-state index contributed by atoms with van der Waals surface area (Å²) in [7, 11) is 0. The van der Waals surface area contributed by atoms with E-state index in [0.29, 0.717) is 18.8 Å². The summed E-state index contributed by atoms with van der Waals surface area (Å²) in [6.07, 6.45) is 1.66. The molecule has 5 heteroatoms. The summed E-state index contributed by atoms with van der Waals surface area (Å²) >= 11 is 0. The molecule has 2 aromatic heterocycles. The van der Waals surface area contributed by atoms with E-state index < -0.39 is 0 Å². The highest BCUT2D eigenvalue weighted by Gasteiger charge is 2.02. The van der Waals surface area contributed by atoms with Crippen LogP contribution < -0.4 is 11.3 Å². The first-order valence-electron chi connectivity index (χ1n) is 5.53. The van der Waals surface area contributed by atoms with Crippen LogP contribution in [-0.2, 0) is 13.1 Å². The zero-order chi connectivity index (χ0) is 12.4. The standard InChI is InChI=1S/C12H16N4O/c1-9-7-10(2)16(14-9)6-5-15-8-11(13)3-4-12(15)17/h3-4,7-8H,5-6,13H2,1-2H3. The minimum absolute atomic E-state index is 0.0410. The van der Waals surface area contributed by atoms with Gasteiger partial charge in [-0.05, 0) is 26.0 Å². The van der Waals surface area contributed by atoms with Crippen LogP contribution in [0.3, 0.4) is 0 Å². The summed E-state index contributed by atoms with van der Waals surface area (Å²) in [4.78, 5) is 11.6. The fraction of sp³-hybridized carbons (Fsp3) is 0.333. The number of aromatic nitrogens is 3. The van der Waals surface area contributed by atoms with Crippen LogP contribution in [0, 0.1) is 13.8 Å². The van der Waals surface area contributed by atoms with Crippen LogP contribution in [0.4, 0.5) is 5.69 Å². The summed E-state index contributed by atoms with van der Waals surface area (Å²) in [5, 5.41) is 4.35. The van der Waals surface area contributed by atoms with E-state index in [4.69, 9.17) is 5.73 Å². The number of anilines is 1. The smallest absolute Gasteiger partial charge is 0.250 e. The molecule has 2 aromatic rings. The average molecular weight is 232 g/mol. The topological polar surface area (TPSA) is 65.8 Å². The van der Waals surface area contributed by atoms with Gasteiger partial charge in [-0.25, -0.2) is 0 Å². The highest BCUT2D eigenvalue weighted by atomic mass is 16.1. The Hall–Kier alpha value is -2.04. The second-order valence-electron chi connectivity index (χ2n) is 4.14. The lowest BCUT2D eigenvalue weighted by Crippen LogP contribution is -2.22. The highest BCUT2D eigenvalue weighted by molar-refractivity contribution is 5.33. The van der Waals surface area contributed by atoms with Crippen LogP contribution >= 0.6 is 0 Å². The summed E-state index contributed by atoms with van der Waals surface area (Å²) in [6.45, 7) is 5.20. The summed E-state index contributed by atoms with van der Waals surface area (Å²) in [5.74, 6) is 0. The molecule has 0 unspecified atom stereocenters. The molecule has 2 rings (SSSR count). The van der Waals surface area contributed by atoms with Gasteiger partial charge in [-0.3, -0.25) is 9.48 Å². The van der Waals surface area contributed by atoms with Crippen LogP contribution in [0.25, 0.3) is 0 Å². The van der Waals surface area contributed by atoms with Crippen LogP contribution in [0.5, 0.6) is 0 Å². The Morgan fingerprint density at radius 3 is 2.71 bits per heavy atom. The molecular weight excluding hydrogens is 216 g/mol. The molecular formula is C12H16N4O. The Morgan fingerprint density at radius 2 is 2.06 bits per heavy atom. The molecule has 0 atom stereocenters. The molecule has 0 aliphatic heterocycles. The second-order valence-corrected chi connectivity index (χ2v) is 4.14. The number of nitrogens with two attached hydrogens (primary N) is 1. The van der Waals surface area contributed by atoms with Crippen molar-refractivity contribution in [2.45, 2.75) is 26.9 Å². The summed E-state index contributed by atoms with van der Waals surface area (Å²) in [5.41, 5.74) is 8.29. The lowest BCUT2D eigenvalue weighted by Gasteiger charge is -2.07. The van der Waals surface area contributed by atoms with E-state index in [1.165, 1.54) is 6.07 Å². The van der Waals surface area contributed by atoms with Crippen LogP contribution in [0.2, 0.25) is 0 Å². The number of hydrogen-bond acceptors (Lipinski definition) is 3. The molecule has 0 aromatic carbocycles. The summed E-state index contributed by atoms with van der Waals surface area (Å²) in [6, 6.07) is 5.11. The minimum atomic E-state index is -0.0410. The van der Waals surface area contributed by atoms with Crippen molar-refractivity contribution in [2.75, 3.05) is 5.73 Å². The zero-order valence-electron chi connectivity index (χ0n) is 10.1. The maximum absolute atomic E-state index is 11.6. The van der Waals surface area contributed by atoms with Gasteiger partial charge in [-0.2, -0.15) is 5.10 Å². The molecule has 5 nitrogen and oxygen atoms in total. The fourth-order valence-corrected chi connectivity index (χ4v) is 1.83. The Labute approximate surface area is 99.5 Å². The zero-order valence-corrected chi connectivity index (χ0v) is 10.1. The van der Waals surface area contributed by atoms with Crippen LogP contribution in [0.1, 0.15) is 11.4 Å². The van der Waals surface area contributed by atoms with Gasteiger partial charge in [0.15, 0.2) is 0 Å². The number of hydrogen-bond donors (Lipinski definition) is 1. The van der Waals surface area contributed by atoms with Crippen LogP contribution in [0.15, 0.2) is 29.2 Å². The Balaban J connectivity index is 2.15. The van der Waals surface area contributed by atoms with Crippen molar-refractivity contribution >= 4 is 5.69 Å². The van der Waals surface area contributed by atoms with E-state index >= 15 is 0 Å². The molecule has 0 saturated heterocycles. The quantitative estimate of drug-likeness (QED) is 0.856. The van der Waals surface area contributed by atoms with Gasteiger partial charge in [-0.15, -0.1) is 0 Å². The van der Waals surface area contributed by atoms with E-state index in [0.717, 1.165) is 11.4 Å². The van der Waals surface area contributed by atoms with Gasteiger partial charge < -0.3 is 10.3 Å². The molecule has 0 amide bonds. The first-order chi connectivity index (χ1) is 8.06. The van der Waals surface area contributed by atoms with Crippen molar-refractivity contribution in [3.8, 4) is 0 Å². The van der Waals surface area contributed by atoms with Gasteiger partial charge in [0, 0.05) is 30.2 Å². The van der Waals surface area contributed by atoms with Crippen molar-refractivity contribution in [3.63, 3.8) is 0 Å². The van der Waals surface area contributed by atoms with Crippen molar-refractivity contribution in [1.29, 1.82) is 0 Å². The molecule has 0 aliphatic carbocycles. The van der Waals surface area contributed by atoms with E-state index in [-0.39, 0.29) is 5.56 Å². The van der Waals surface area contributed by atoms with Gasteiger partial charge in [0.2, 0.25) is 0 Å². The number of nitrogens with zero attached hydrogens (tertiary/aromatic N) is 3. The number of aryl methyl sites for hydroxylation is 4. The molecule has 0 aliphatic rings. The Kier molecular flexibility index (Phi) is 2.99. The largest absolute Gasteiger partial charge is 0.398 e. The van der Waals surface area contributed by atoms with Gasteiger partial charge in [0.05, 0.1) is 12.2 Å². The lowest BCUT2D eigenvalue weighted by molar-refractivity contribution is 0.513. The molecule has 2 heterocycles. The van der Waals surface area contributed by atoms with E-state index in [1.54, 1.807) is 16.8 Å². The maximum atomic E-state index is 11.6. The van der Waals surface area contributed by atoms with Crippen molar-refractivity contribution < 1.29 is 0 Å². The van der Waals surface area contributed by atoms with E-state index in [2.05, 4.69) is 5.10 Å². The average Bonchev–Trinajstić information content (AvgIpc) is 2.59. The molecule has 17 heavy (non-hydrogen) atoms. The van der Waals surface area contributed by atoms with Gasteiger partial charge in [-0.1, -0.05) is 0 Å². The van der Waals surface area contributed by atoms with Crippen molar-refractivity contribution in [3.05, 3.63) is 46.1 Å². The molecule has 0 radical (unpaired) electrons. The minimum Gasteiger partial charge on any atom is -0.398 e. The third kappa shape index (κ3) is 2.55. The van der Waals surface area contributed by atoms with Gasteiger partial charge >= 0.3 is 0 Å². The Morgan fingerprint density at radius 1 is 1.29 bits per heavy atom. The SMILES string of the molecule is Cc1cc(C)n(CCn2cc(N)ccc2=O)n1. The predicted octanol–water partition coefficient (Wildman–Crippen LogP) is 0.944. The first kappa shape index (κ1) is 11.4. The first-order valence-corrected chi connectivity index (χ1v) is 5.53. The normalized spacial score (nSPS) is 10.7. The summed E-state index contributed by atoms with van der Waals surface area (Å²) < 4.78 is 3.50. The predicted molar refractivity (Wildman–Crippen MR) is 66.8 cm³/mol. The lowest BCUT2D eigenvalue weighted by atomic mass is 10.4. The maximum Gasteiger partial charge on any atom is 0.250 e. The van der Waals surface area contributed by atoms with E-state index in [9.17, 15) is 4.79 Å². The van der Waals surface area contributed by atoms with E-state index in [1.807, 2.05) is 24.6 Å². The molecule has 2 N–H and O–H groups in total. The monoisotopic (exact) mass is 232 g/mol. The van der Waals surface area contributed by atoms with Crippen molar-refractivity contribution in [1.82, 2.24) is 14.3 Å². The van der Waals surface area contributed by atoms with Gasteiger partial charge in [0.1, 0.15) is 0 Å².